The van der Waals surface area contributed by atoms with E-state index in [0.717, 1.165) is 40.1 Å². The van der Waals surface area contributed by atoms with Crippen LogP contribution in [0.5, 0.6) is 0 Å². The van der Waals surface area contributed by atoms with Crippen molar-refractivity contribution in [3.63, 3.8) is 0 Å². The van der Waals surface area contributed by atoms with Crippen molar-refractivity contribution in [2.24, 2.45) is 0 Å². The van der Waals surface area contributed by atoms with Crippen LogP contribution in [0, 0.1) is 0 Å². The van der Waals surface area contributed by atoms with Crippen LogP contribution < -0.4 is 5.32 Å². The van der Waals surface area contributed by atoms with E-state index >= 15 is 0 Å². The molecule has 0 bridgehead atoms. The number of fused-ring (bicyclic) bond motifs is 3. The summed E-state index contributed by atoms with van der Waals surface area (Å²) in [5.41, 5.74) is 4.05. The Kier molecular flexibility index (Phi) is 7.97. The molecule has 2 N–H and O–H groups in total. The molecule has 10 heteroatoms. The van der Waals surface area contributed by atoms with Crippen molar-refractivity contribution in [3.05, 3.63) is 111 Å². The first-order chi connectivity index (χ1) is 18.8. The molecule has 1 heterocycles. The van der Waals surface area contributed by atoms with Crippen LogP contribution in [0.3, 0.4) is 0 Å². The van der Waals surface area contributed by atoms with E-state index in [2.05, 4.69) is 26.2 Å². The Labute approximate surface area is 235 Å². The third kappa shape index (κ3) is 5.83. The topological polar surface area (TPSA) is 71.5 Å². The summed E-state index contributed by atoms with van der Waals surface area (Å²) in [6, 6.07) is 21.6. The van der Waals surface area contributed by atoms with Gasteiger partial charge in [0.05, 0.1) is 12.2 Å². The lowest BCUT2D eigenvalue weighted by Crippen LogP contribution is -2.26. The fraction of sp³-hybridized carbons (Fsp3) is 0.172. The molecule has 5 rings (SSSR count). The number of nitrogens with zero attached hydrogens (tertiary/aromatic N) is 1. The number of pyridine rings is 1. The molecular weight excluding hydrogens is 593 g/mol. The number of alkyl carbamates (subject to hydrolysis) is 1. The van der Waals surface area contributed by atoms with E-state index in [9.17, 15) is 23.1 Å². The van der Waals surface area contributed by atoms with Gasteiger partial charge < -0.3 is 15.2 Å². The summed E-state index contributed by atoms with van der Waals surface area (Å²) < 4.78 is 47.8. The van der Waals surface area contributed by atoms with Crippen molar-refractivity contribution in [2.45, 2.75) is 35.2 Å². The fourth-order valence-corrected chi connectivity index (χ4v) is 6.28. The highest BCUT2D eigenvalue weighted by Crippen LogP contribution is 2.45. The Balaban J connectivity index is 1.35. The van der Waals surface area contributed by atoms with Gasteiger partial charge in [0.2, 0.25) is 0 Å². The minimum atomic E-state index is -4.65. The van der Waals surface area contributed by atoms with Crippen LogP contribution in [0.25, 0.3) is 11.1 Å². The van der Waals surface area contributed by atoms with Gasteiger partial charge >= 0.3 is 12.3 Å². The molecule has 4 aromatic rings. The molecule has 1 aromatic heterocycles. The third-order valence-corrected chi connectivity index (χ3v) is 8.13. The highest BCUT2D eigenvalue weighted by molar-refractivity contribution is 9.10. The molecule has 1 aliphatic carbocycles. The number of aliphatic hydroxyl groups excluding tert-OH is 1. The molecule has 0 saturated carbocycles. The average molecular weight is 615 g/mol. The first-order valence-corrected chi connectivity index (χ1v) is 13.6. The number of rotatable bonds is 7. The lowest BCUT2D eigenvalue weighted by molar-refractivity contribution is -0.139. The summed E-state index contributed by atoms with van der Waals surface area (Å²) in [7, 11) is 0. The van der Waals surface area contributed by atoms with Crippen molar-refractivity contribution in [2.75, 3.05) is 6.61 Å². The minimum Gasteiger partial charge on any atom is -0.449 e. The van der Waals surface area contributed by atoms with Crippen LogP contribution in [0.1, 0.15) is 33.7 Å². The largest absolute Gasteiger partial charge is 0.449 e. The molecule has 0 spiro atoms. The van der Waals surface area contributed by atoms with Gasteiger partial charge in [-0.25, -0.2) is 9.78 Å². The predicted molar refractivity (Wildman–Crippen MR) is 145 cm³/mol. The van der Waals surface area contributed by atoms with E-state index in [1.807, 2.05) is 48.5 Å². The monoisotopic (exact) mass is 614 g/mol. The number of hydrogen-bond acceptors (Lipinski definition) is 5. The summed E-state index contributed by atoms with van der Waals surface area (Å²) in [6.07, 6.45) is -3.95. The molecule has 5 nitrogen and oxygen atoms in total. The van der Waals surface area contributed by atoms with Crippen LogP contribution in [0.4, 0.5) is 18.0 Å². The summed E-state index contributed by atoms with van der Waals surface area (Å²) in [5.74, 6) is -0.141. The first-order valence-electron chi connectivity index (χ1n) is 12.0. The first kappa shape index (κ1) is 27.2. The number of nitrogens with one attached hydrogen (secondary N) is 1. The van der Waals surface area contributed by atoms with E-state index in [1.54, 1.807) is 12.1 Å². The number of alkyl halides is 3. The standard InChI is InChI=1S/C29H22BrF3N2O3S/c30-19-12-18(26(25(13-19)29(31,32)33)39-27-17(15-36)6-5-11-34-27)14-35-28(37)38-16-24-22-9-3-1-7-20(22)21-8-2-4-10-23(21)24/h1-13,24,36H,14-16H2,(H,35,37). The van der Waals surface area contributed by atoms with E-state index in [4.69, 9.17) is 4.74 Å². The van der Waals surface area contributed by atoms with Gasteiger partial charge in [-0.3, -0.25) is 0 Å². The average Bonchev–Trinajstić information content (AvgIpc) is 3.25. The number of carbonyl (C=O) groups excluding carboxylic acids is 1. The SMILES string of the molecule is O=C(NCc1cc(Br)cc(C(F)(F)F)c1Sc1ncccc1CO)OCC1c2ccccc2-c2ccccc21. The zero-order valence-corrected chi connectivity index (χ0v) is 22.7. The number of halogens is 4. The molecule has 0 fully saturated rings. The van der Waals surface area contributed by atoms with Gasteiger partial charge in [-0.2, -0.15) is 13.2 Å². The summed E-state index contributed by atoms with van der Waals surface area (Å²) in [5, 5.41) is 12.5. The smallest absolute Gasteiger partial charge is 0.417 e. The molecule has 3 aromatic carbocycles. The van der Waals surface area contributed by atoms with Crippen LogP contribution >= 0.6 is 27.7 Å². The lowest BCUT2D eigenvalue weighted by Gasteiger charge is -2.19. The lowest BCUT2D eigenvalue weighted by atomic mass is 9.98. The van der Waals surface area contributed by atoms with Crippen LogP contribution in [-0.4, -0.2) is 22.8 Å². The number of aliphatic hydroxyl groups is 1. The Hall–Kier alpha value is -3.34. The normalized spacial score (nSPS) is 12.6. The number of aromatic nitrogens is 1. The predicted octanol–water partition coefficient (Wildman–Crippen LogP) is 7.55. The van der Waals surface area contributed by atoms with Gasteiger partial charge in [0.15, 0.2) is 0 Å². The van der Waals surface area contributed by atoms with Gasteiger partial charge in [0, 0.05) is 33.6 Å². The molecule has 0 unspecified atom stereocenters. The zero-order chi connectivity index (χ0) is 27.6. The van der Waals surface area contributed by atoms with Crippen LogP contribution in [0.15, 0.2) is 93.4 Å². The molecule has 39 heavy (non-hydrogen) atoms. The molecule has 1 aliphatic rings. The van der Waals surface area contributed by atoms with Crippen molar-refractivity contribution < 1.29 is 27.8 Å². The van der Waals surface area contributed by atoms with Gasteiger partial charge in [-0.15, -0.1) is 0 Å². The number of amides is 1. The van der Waals surface area contributed by atoms with Crippen molar-refractivity contribution >= 4 is 33.8 Å². The summed E-state index contributed by atoms with van der Waals surface area (Å²) in [6.45, 7) is -0.494. The maximum absolute atomic E-state index is 14.0. The second-order valence-electron chi connectivity index (χ2n) is 8.85. The maximum atomic E-state index is 14.0. The van der Waals surface area contributed by atoms with Crippen molar-refractivity contribution in [3.8, 4) is 11.1 Å². The minimum absolute atomic E-state index is 0.0849. The second kappa shape index (κ2) is 11.4. The molecule has 0 saturated heterocycles. The highest BCUT2D eigenvalue weighted by Gasteiger charge is 2.36. The number of carbonyl (C=O) groups is 1. The van der Waals surface area contributed by atoms with Crippen molar-refractivity contribution in [1.29, 1.82) is 0 Å². The molecule has 1 amide bonds. The highest BCUT2D eigenvalue weighted by atomic mass is 79.9. The molecule has 0 radical (unpaired) electrons. The van der Waals surface area contributed by atoms with E-state index in [-0.39, 0.29) is 45.6 Å². The molecular formula is C29H22BrF3N2O3S. The van der Waals surface area contributed by atoms with Gasteiger partial charge in [-0.1, -0.05) is 82.3 Å². The second-order valence-corrected chi connectivity index (χ2v) is 10.8. The number of ether oxygens (including phenoxy) is 1. The van der Waals surface area contributed by atoms with Gasteiger partial charge in [0.25, 0.3) is 0 Å². The number of hydrogen-bond donors (Lipinski definition) is 2. The van der Waals surface area contributed by atoms with Crippen LogP contribution in [-0.2, 0) is 24.1 Å². The molecule has 0 atom stereocenters. The Morgan fingerprint density at radius 2 is 1.67 bits per heavy atom. The Morgan fingerprint density at radius 3 is 2.31 bits per heavy atom. The third-order valence-electron chi connectivity index (χ3n) is 6.42. The van der Waals surface area contributed by atoms with Crippen LogP contribution in [0.2, 0.25) is 0 Å². The number of benzene rings is 3. The van der Waals surface area contributed by atoms with E-state index in [1.165, 1.54) is 12.3 Å². The van der Waals surface area contributed by atoms with E-state index < -0.39 is 17.8 Å². The quantitative estimate of drug-likeness (QED) is 0.225. The van der Waals surface area contributed by atoms with Gasteiger partial charge in [0.1, 0.15) is 11.6 Å². The summed E-state index contributed by atoms with van der Waals surface area (Å²) in [4.78, 5) is 16.8. The molecule has 200 valence electrons. The van der Waals surface area contributed by atoms with Crippen molar-refractivity contribution in [1.82, 2.24) is 10.3 Å². The maximum Gasteiger partial charge on any atom is 0.417 e. The molecule has 0 aliphatic heterocycles. The Morgan fingerprint density at radius 1 is 1.00 bits per heavy atom. The zero-order valence-electron chi connectivity index (χ0n) is 20.3. The van der Waals surface area contributed by atoms with Gasteiger partial charge in [-0.05, 0) is 46.0 Å². The van der Waals surface area contributed by atoms with E-state index in [0.29, 0.717) is 5.56 Å². The Bertz CT molecular complexity index is 1480. The summed E-state index contributed by atoms with van der Waals surface area (Å²) >= 11 is 3.95. The fourth-order valence-electron chi connectivity index (χ4n) is 4.66.